The van der Waals surface area contributed by atoms with Gasteiger partial charge in [-0.25, -0.2) is 4.79 Å². The summed E-state index contributed by atoms with van der Waals surface area (Å²) in [6.07, 6.45) is -0.712. The number of hydrogen-bond acceptors (Lipinski definition) is 4. The van der Waals surface area contributed by atoms with Crippen LogP contribution in [-0.4, -0.2) is 25.1 Å². The molecule has 1 amide bonds. The number of aryl methyl sites for hydroxylation is 1. The average molecular weight is 327 g/mol. The highest BCUT2D eigenvalue weighted by Crippen LogP contribution is 2.22. The van der Waals surface area contributed by atoms with Crippen LogP contribution in [0, 0.1) is 13.8 Å². The minimum absolute atomic E-state index is 0.298. The fourth-order valence-corrected chi connectivity index (χ4v) is 2.21. The fraction of sp³-hybridized carbons (Fsp3) is 0.263. The molecule has 0 heterocycles. The number of rotatable bonds is 5. The van der Waals surface area contributed by atoms with Gasteiger partial charge in [-0.1, -0.05) is 24.3 Å². The van der Waals surface area contributed by atoms with Crippen molar-refractivity contribution in [3.05, 3.63) is 59.2 Å². The van der Waals surface area contributed by atoms with Crippen molar-refractivity contribution in [3.63, 3.8) is 0 Å². The van der Waals surface area contributed by atoms with Crippen molar-refractivity contribution in [1.29, 1.82) is 0 Å². The van der Waals surface area contributed by atoms with Crippen LogP contribution in [0.5, 0.6) is 5.75 Å². The molecule has 0 bridgehead atoms. The topological polar surface area (TPSA) is 64.6 Å². The molecule has 24 heavy (non-hydrogen) atoms. The summed E-state index contributed by atoms with van der Waals surface area (Å²) in [6.45, 7) is 5.60. The van der Waals surface area contributed by atoms with Crippen LogP contribution in [0.15, 0.2) is 42.5 Å². The summed E-state index contributed by atoms with van der Waals surface area (Å²) in [5.41, 5.74) is 2.78. The summed E-state index contributed by atoms with van der Waals surface area (Å²) < 4.78 is 10.5. The highest BCUT2D eigenvalue weighted by Gasteiger charge is 2.19. The lowest BCUT2D eigenvalue weighted by molar-refractivity contribution is -0.122. The van der Waals surface area contributed by atoms with Gasteiger partial charge < -0.3 is 14.8 Å². The second-order valence-corrected chi connectivity index (χ2v) is 5.48. The van der Waals surface area contributed by atoms with Gasteiger partial charge in [0.2, 0.25) is 0 Å². The largest absolute Gasteiger partial charge is 0.481 e. The van der Waals surface area contributed by atoms with E-state index >= 15 is 0 Å². The van der Waals surface area contributed by atoms with Gasteiger partial charge in [0.1, 0.15) is 5.75 Å². The number of nitrogens with one attached hydrogen (secondary N) is 1. The summed E-state index contributed by atoms with van der Waals surface area (Å²) in [4.78, 5) is 24.1. The van der Waals surface area contributed by atoms with Crippen LogP contribution in [0.4, 0.5) is 5.69 Å². The first-order valence-electron chi connectivity index (χ1n) is 7.65. The summed E-state index contributed by atoms with van der Waals surface area (Å²) in [5, 5.41) is 2.72. The lowest BCUT2D eigenvalue weighted by atomic mass is 10.1. The van der Waals surface area contributed by atoms with Crippen LogP contribution >= 0.6 is 0 Å². The third kappa shape index (κ3) is 3.93. The third-order valence-electron chi connectivity index (χ3n) is 3.82. The molecular weight excluding hydrogens is 306 g/mol. The van der Waals surface area contributed by atoms with E-state index in [1.807, 2.05) is 32.0 Å². The second-order valence-electron chi connectivity index (χ2n) is 5.48. The number of hydrogen-bond donors (Lipinski definition) is 1. The van der Waals surface area contributed by atoms with Gasteiger partial charge in [0.25, 0.3) is 5.91 Å². The third-order valence-corrected chi connectivity index (χ3v) is 3.82. The minimum Gasteiger partial charge on any atom is -0.481 e. The molecule has 5 nitrogen and oxygen atoms in total. The van der Waals surface area contributed by atoms with E-state index in [1.165, 1.54) is 7.11 Å². The average Bonchev–Trinajstić information content (AvgIpc) is 2.58. The molecule has 2 aromatic rings. The van der Waals surface area contributed by atoms with E-state index in [0.29, 0.717) is 17.0 Å². The molecule has 1 unspecified atom stereocenters. The van der Waals surface area contributed by atoms with E-state index in [1.54, 1.807) is 31.2 Å². The predicted molar refractivity (Wildman–Crippen MR) is 92.4 cm³/mol. The van der Waals surface area contributed by atoms with Crippen LogP contribution in [0.2, 0.25) is 0 Å². The Morgan fingerprint density at radius 2 is 1.75 bits per heavy atom. The first-order valence-corrected chi connectivity index (χ1v) is 7.65. The Bertz CT molecular complexity index is 755. The van der Waals surface area contributed by atoms with E-state index in [2.05, 4.69) is 5.32 Å². The SMILES string of the molecule is COC(=O)c1ccccc1NC(=O)C(C)Oc1cccc(C)c1C. The van der Waals surface area contributed by atoms with Crippen LogP contribution in [0.25, 0.3) is 0 Å². The smallest absolute Gasteiger partial charge is 0.339 e. The van der Waals surface area contributed by atoms with Crippen molar-refractivity contribution in [2.45, 2.75) is 26.9 Å². The van der Waals surface area contributed by atoms with Gasteiger partial charge in [-0.2, -0.15) is 0 Å². The number of esters is 1. The molecule has 0 spiro atoms. The molecule has 1 N–H and O–H groups in total. The van der Waals surface area contributed by atoms with Crippen molar-refractivity contribution < 1.29 is 19.1 Å². The molecule has 0 aliphatic carbocycles. The minimum atomic E-state index is -0.712. The number of benzene rings is 2. The number of anilines is 1. The molecule has 0 aromatic heterocycles. The van der Waals surface area contributed by atoms with Crippen LogP contribution in [-0.2, 0) is 9.53 Å². The Balaban J connectivity index is 2.13. The molecule has 126 valence electrons. The maximum atomic E-state index is 12.4. The number of para-hydroxylation sites is 1. The quantitative estimate of drug-likeness (QED) is 0.854. The Morgan fingerprint density at radius 1 is 1.04 bits per heavy atom. The molecule has 5 heteroatoms. The van der Waals surface area contributed by atoms with E-state index in [9.17, 15) is 9.59 Å². The zero-order valence-corrected chi connectivity index (χ0v) is 14.3. The molecule has 0 radical (unpaired) electrons. The second kappa shape index (κ2) is 7.64. The highest BCUT2D eigenvalue weighted by atomic mass is 16.5. The lowest BCUT2D eigenvalue weighted by Crippen LogP contribution is -2.31. The van der Waals surface area contributed by atoms with Gasteiger partial charge in [0, 0.05) is 0 Å². The lowest BCUT2D eigenvalue weighted by Gasteiger charge is -2.18. The van der Waals surface area contributed by atoms with E-state index < -0.39 is 12.1 Å². The summed E-state index contributed by atoms with van der Waals surface area (Å²) in [6, 6.07) is 12.4. The van der Waals surface area contributed by atoms with E-state index in [0.717, 1.165) is 11.1 Å². The molecule has 1 atom stereocenters. The van der Waals surface area contributed by atoms with Crippen molar-refractivity contribution in [1.82, 2.24) is 0 Å². The Hall–Kier alpha value is -2.82. The first-order chi connectivity index (χ1) is 11.4. The summed E-state index contributed by atoms with van der Waals surface area (Å²) >= 11 is 0. The van der Waals surface area contributed by atoms with Gasteiger partial charge in [0.05, 0.1) is 18.4 Å². The van der Waals surface area contributed by atoms with Gasteiger partial charge in [0.15, 0.2) is 6.10 Å². The van der Waals surface area contributed by atoms with Crippen molar-refractivity contribution >= 4 is 17.6 Å². The van der Waals surface area contributed by atoms with Gasteiger partial charge >= 0.3 is 5.97 Å². The molecular formula is C19H21NO4. The van der Waals surface area contributed by atoms with Crippen LogP contribution < -0.4 is 10.1 Å². The Kier molecular flexibility index (Phi) is 5.58. The van der Waals surface area contributed by atoms with Crippen molar-refractivity contribution in [2.24, 2.45) is 0 Å². The standard InChI is InChI=1S/C19H21NO4/c1-12-8-7-11-17(13(12)2)24-14(3)18(21)20-16-10-6-5-9-15(16)19(22)23-4/h5-11,14H,1-4H3,(H,20,21). The van der Waals surface area contributed by atoms with Crippen molar-refractivity contribution in [3.8, 4) is 5.75 Å². The zero-order chi connectivity index (χ0) is 17.7. The Labute approximate surface area is 141 Å². The molecule has 0 saturated carbocycles. The molecule has 2 rings (SSSR count). The predicted octanol–water partition coefficient (Wildman–Crippen LogP) is 3.50. The first kappa shape index (κ1) is 17.5. The molecule has 0 fully saturated rings. The van der Waals surface area contributed by atoms with Gasteiger partial charge in [-0.3, -0.25) is 4.79 Å². The highest BCUT2D eigenvalue weighted by molar-refractivity contribution is 6.02. The number of ether oxygens (including phenoxy) is 2. The monoisotopic (exact) mass is 327 g/mol. The fourth-order valence-electron chi connectivity index (χ4n) is 2.21. The van der Waals surface area contributed by atoms with E-state index in [-0.39, 0.29) is 5.91 Å². The molecule has 0 aliphatic rings. The molecule has 2 aromatic carbocycles. The van der Waals surface area contributed by atoms with Gasteiger partial charge in [-0.15, -0.1) is 0 Å². The van der Waals surface area contributed by atoms with Crippen molar-refractivity contribution in [2.75, 3.05) is 12.4 Å². The van der Waals surface area contributed by atoms with Crippen LogP contribution in [0.3, 0.4) is 0 Å². The maximum Gasteiger partial charge on any atom is 0.339 e. The number of carbonyl (C=O) groups is 2. The van der Waals surface area contributed by atoms with E-state index in [4.69, 9.17) is 9.47 Å². The molecule has 0 saturated heterocycles. The number of carbonyl (C=O) groups excluding carboxylic acids is 2. The molecule has 0 aliphatic heterocycles. The summed E-state index contributed by atoms with van der Waals surface area (Å²) in [5.74, 6) is -0.180. The van der Waals surface area contributed by atoms with Crippen LogP contribution in [0.1, 0.15) is 28.4 Å². The number of methoxy groups -OCH3 is 1. The zero-order valence-electron chi connectivity index (χ0n) is 14.3. The van der Waals surface area contributed by atoms with Gasteiger partial charge in [-0.05, 0) is 50.1 Å². The number of amides is 1. The maximum absolute atomic E-state index is 12.4. The normalized spacial score (nSPS) is 11.5. The summed E-state index contributed by atoms with van der Waals surface area (Å²) in [7, 11) is 1.30. The Morgan fingerprint density at radius 3 is 2.46 bits per heavy atom.